The number of carbonyl (C=O) groups is 4. The van der Waals surface area contributed by atoms with Crippen LogP contribution in [-0.4, -0.2) is 36.1 Å². The summed E-state index contributed by atoms with van der Waals surface area (Å²) in [7, 11) is 0. The van der Waals surface area contributed by atoms with E-state index >= 15 is 0 Å². The van der Waals surface area contributed by atoms with E-state index in [1.807, 2.05) is 0 Å². The molecule has 1 aliphatic rings. The number of benzene rings is 3. The van der Waals surface area contributed by atoms with Crippen LogP contribution in [0.15, 0.2) is 91.0 Å². The van der Waals surface area contributed by atoms with Crippen LogP contribution in [0.4, 0.5) is 0 Å². The Morgan fingerprint density at radius 3 is 1.36 bits per heavy atom. The molecule has 0 aromatic heterocycles. The van der Waals surface area contributed by atoms with E-state index in [0.717, 1.165) is 0 Å². The average Bonchev–Trinajstić information content (AvgIpc) is 2.97. The Morgan fingerprint density at radius 2 is 0.970 bits per heavy atom. The van der Waals surface area contributed by atoms with Crippen molar-refractivity contribution >= 4 is 44.5 Å². The standard InChI is InChI=1S/C24H17IO8/c26-21(16-10-4-1-5-11-16)30-19-20(31-22(27)17-12-6-2-7-13-17)24(29)33-25(32-23(19)28)18-14-8-3-9-15-18/h1-15,19-20H/t19-,20-/m0/s1. The van der Waals surface area contributed by atoms with Crippen LogP contribution in [0.25, 0.3) is 0 Å². The van der Waals surface area contributed by atoms with E-state index in [1.54, 1.807) is 66.7 Å². The van der Waals surface area contributed by atoms with E-state index in [-0.39, 0.29) is 11.1 Å². The van der Waals surface area contributed by atoms with Crippen molar-refractivity contribution in [3.63, 3.8) is 0 Å². The van der Waals surface area contributed by atoms with Crippen molar-refractivity contribution in [2.45, 2.75) is 12.2 Å². The third-order valence-electron chi connectivity index (χ3n) is 4.43. The van der Waals surface area contributed by atoms with Crippen molar-refractivity contribution < 1.29 is 34.8 Å². The molecule has 0 N–H and O–H groups in total. The zero-order chi connectivity index (χ0) is 23.2. The van der Waals surface area contributed by atoms with E-state index in [2.05, 4.69) is 0 Å². The van der Waals surface area contributed by atoms with Crippen molar-refractivity contribution in [2.75, 3.05) is 0 Å². The van der Waals surface area contributed by atoms with Gasteiger partial charge in [0.1, 0.15) is 0 Å². The first-order chi connectivity index (χ1) is 16.0. The molecule has 1 aliphatic heterocycles. The quantitative estimate of drug-likeness (QED) is 0.344. The predicted octanol–water partition coefficient (Wildman–Crippen LogP) is 3.74. The van der Waals surface area contributed by atoms with Crippen LogP contribution < -0.4 is 0 Å². The third-order valence-corrected chi connectivity index (χ3v) is 7.83. The van der Waals surface area contributed by atoms with Crippen molar-refractivity contribution in [1.29, 1.82) is 0 Å². The molecule has 9 heteroatoms. The fourth-order valence-electron chi connectivity index (χ4n) is 2.83. The number of hydrogen-bond acceptors (Lipinski definition) is 8. The fraction of sp³-hybridized carbons (Fsp3) is 0.0833. The molecule has 1 saturated heterocycles. The average molecular weight is 560 g/mol. The van der Waals surface area contributed by atoms with Gasteiger partial charge >= 0.3 is 197 Å². The van der Waals surface area contributed by atoms with Gasteiger partial charge in [0, 0.05) is 0 Å². The molecule has 33 heavy (non-hydrogen) atoms. The summed E-state index contributed by atoms with van der Waals surface area (Å²) in [6, 6.07) is 24.3. The summed E-state index contributed by atoms with van der Waals surface area (Å²) in [5.41, 5.74) is 0.295. The number of hydrogen-bond donors (Lipinski definition) is 0. The first-order valence-corrected chi connectivity index (χ1v) is 12.6. The molecule has 0 radical (unpaired) electrons. The SMILES string of the molecule is O=C(O[C@@H]1C(=O)OI(c2ccccc2)OC(=O)[C@H]1OC(=O)c1ccccc1)c1ccccc1. The number of rotatable bonds is 5. The van der Waals surface area contributed by atoms with Gasteiger partial charge in [-0.3, -0.25) is 0 Å². The molecule has 0 saturated carbocycles. The van der Waals surface area contributed by atoms with Gasteiger partial charge in [0.2, 0.25) is 0 Å². The maximum atomic E-state index is 13.0. The Labute approximate surface area is 196 Å². The van der Waals surface area contributed by atoms with E-state index < -0.39 is 56.7 Å². The Balaban J connectivity index is 1.64. The first kappa shape index (κ1) is 22.5. The Morgan fingerprint density at radius 1 is 0.606 bits per heavy atom. The number of esters is 2. The summed E-state index contributed by atoms with van der Waals surface area (Å²) in [6.07, 6.45) is -3.66. The molecule has 168 valence electrons. The van der Waals surface area contributed by atoms with Gasteiger partial charge in [0.05, 0.1) is 0 Å². The van der Waals surface area contributed by atoms with Crippen molar-refractivity contribution in [3.8, 4) is 0 Å². The normalized spacial score (nSPS) is 19.0. The van der Waals surface area contributed by atoms with Gasteiger partial charge in [-0.1, -0.05) is 0 Å². The van der Waals surface area contributed by atoms with Gasteiger partial charge < -0.3 is 0 Å². The summed E-state index contributed by atoms with van der Waals surface area (Å²) in [6.45, 7) is 0. The second-order valence-electron chi connectivity index (χ2n) is 6.69. The molecule has 3 aromatic carbocycles. The van der Waals surface area contributed by atoms with Crippen LogP contribution in [0.2, 0.25) is 0 Å². The molecule has 8 nitrogen and oxygen atoms in total. The van der Waals surface area contributed by atoms with Crippen LogP contribution in [0.3, 0.4) is 0 Å². The van der Waals surface area contributed by atoms with Crippen LogP contribution in [0.1, 0.15) is 20.7 Å². The Hall–Kier alpha value is -3.73. The molecule has 1 fully saturated rings. The van der Waals surface area contributed by atoms with Crippen molar-refractivity contribution in [3.05, 3.63) is 106 Å². The van der Waals surface area contributed by atoms with Gasteiger partial charge in [-0.05, 0) is 0 Å². The monoisotopic (exact) mass is 560 g/mol. The van der Waals surface area contributed by atoms with Crippen LogP contribution in [0, 0.1) is 3.57 Å². The summed E-state index contributed by atoms with van der Waals surface area (Å²) in [5, 5.41) is 0. The fourth-order valence-corrected chi connectivity index (χ4v) is 5.72. The molecule has 0 amide bonds. The Kier molecular flexibility index (Phi) is 6.98. The predicted molar refractivity (Wildman–Crippen MR) is 123 cm³/mol. The van der Waals surface area contributed by atoms with Gasteiger partial charge in [0.25, 0.3) is 0 Å². The molecule has 1 heterocycles. The molecule has 0 spiro atoms. The molecule has 3 aromatic rings. The van der Waals surface area contributed by atoms with Crippen LogP contribution in [-0.2, 0) is 25.2 Å². The zero-order valence-corrected chi connectivity index (χ0v) is 19.1. The summed E-state index contributed by atoms with van der Waals surface area (Å²) < 4.78 is 22.0. The van der Waals surface area contributed by atoms with Crippen molar-refractivity contribution in [1.82, 2.24) is 0 Å². The van der Waals surface area contributed by atoms with Gasteiger partial charge in [-0.25, -0.2) is 0 Å². The van der Waals surface area contributed by atoms with E-state index in [1.165, 1.54) is 24.3 Å². The van der Waals surface area contributed by atoms with Gasteiger partial charge in [-0.15, -0.1) is 0 Å². The second-order valence-corrected chi connectivity index (χ2v) is 10.1. The van der Waals surface area contributed by atoms with E-state index in [4.69, 9.17) is 15.6 Å². The minimum atomic E-state index is -3.25. The van der Waals surface area contributed by atoms with Gasteiger partial charge in [0.15, 0.2) is 0 Å². The first-order valence-electron chi connectivity index (χ1n) is 9.74. The van der Waals surface area contributed by atoms with Gasteiger partial charge in [-0.2, -0.15) is 0 Å². The number of ether oxygens (including phenoxy) is 2. The molecule has 0 bridgehead atoms. The molecule has 4 rings (SSSR count). The summed E-state index contributed by atoms with van der Waals surface area (Å²) >= 11 is -3.25. The molecule has 0 unspecified atom stereocenters. The topological polar surface area (TPSA) is 105 Å². The number of halogens is 1. The second kappa shape index (κ2) is 10.3. The Bertz CT molecular complexity index is 1080. The molecule has 2 atom stereocenters. The van der Waals surface area contributed by atoms with Crippen molar-refractivity contribution in [2.24, 2.45) is 0 Å². The van der Waals surface area contributed by atoms with E-state index in [0.29, 0.717) is 3.57 Å². The van der Waals surface area contributed by atoms with Crippen LogP contribution >= 0.6 is 20.6 Å². The summed E-state index contributed by atoms with van der Waals surface area (Å²) in [5.74, 6) is -3.81. The minimum absolute atomic E-state index is 0.148. The van der Waals surface area contributed by atoms with E-state index in [9.17, 15) is 19.2 Å². The maximum absolute atomic E-state index is 13.0. The molecular weight excluding hydrogens is 543 g/mol. The third kappa shape index (κ3) is 5.37. The molecule has 0 aliphatic carbocycles. The molecular formula is C24H17IO8. The van der Waals surface area contributed by atoms with Crippen LogP contribution in [0.5, 0.6) is 0 Å². The zero-order valence-electron chi connectivity index (χ0n) is 17.0. The number of carbonyl (C=O) groups excluding carboxylic acids is 4. The summed E-state index contributed by atoms with van der Waals surface area (Å²) in [4.78, 5) is 51.2.